The number of nitrogens with one attached hydrogen (secondary N) is 1. The molecule has 1 nitrogen and oxygen atoms in total. The summed E-state index contributed by atoms with van der Waals surface area (Å²) in [5.74, 6) is -0.293. The van der Waals surface area contributed by atoms with Crippen molar-refractivity contribution in [1.29, 1.82) is 0 Å². The van der Waals surface area contributed by atoms with E-state index in [0.717, 1.165) is 23.2 Å². The lowest BCUT2D eigenvalue weighted by Crippen LogP contribution is -2.23. The Morgan fingerprint density at radius 1 is 1.10 bits per heavy atom. The molecule has 2 rings (SSSR count). The molecule has 0 radical (unpaired) electrons. The largest absolute Gasteiger partial charge is 0.306 e. The van der Waals surface area contributed by atoms with E-state index in [1.165, 1.54) is 12.1 Å². The molecule has 4 heteroatoms. The summed E-state index contributed by atoms with van der Waals surface area (Å²) in [6, 6.07) is 9.96. The molecule has 0 amide bonds. The van der Waals surface area contributed by atoms with E-state index in [-0.39, 0.29) is 11.9 Å². The first-order chi connectivity index (χ1) is 9.52. The van der Waals surface area contributed by atoms with E-state index in [1.54, 1.807) is 6.07 Å². The zero-order chi connectivity index (χ0) is 14.7. The molecule has 0 aromatic heterocycles. The van der Waals surface area contributed by atoms with Crippen molar-refractivity contribution in [2.24, 2.45) is 0 Å². The van der Waals surface area contributed by atoms with Crippen LogP contribution in [0.25, 0.3) is 0 Å². The van der Waals surface area contributed by atoms with Crippen molar-refractivity contribution in [2.45, 2.75) is 19.9 Å². The Morgan fingerprint density at radius 2 is 1.85 bits per heavy atom. The minimum Gasteiger partial charge on any atom is -0.306 e. The van der Waals surface area contributed by atoms with Crippen molar-refractivity contribution in [3.05, 3.63) is 69.0 Å². The first-order valence-corrected chi connectivity index (χ1v) is 7.23. The molecule has 2 aromatic carbocycles. The minimum absolute atomic E-state index is 0.152. The van der Waals surface area contributed by atoms with E-state index in [4.69, 9.17) is 23.2 Å². The lowest BCUT2D eigenvalue weighted by molar-refractivity contribution is 0.602. The second-order valence-corrected chi connectivity index (χ2v) is 5.50. The highest BCUT2D eigenvalue weighted by molar-refractivity contribution is 6.31. The van der Waals surface area contributed by atoms with Gasteiger partial charge in [0.15, 0.2) is 0 Å². The molecule has 0 aliphatic carbocycles. The lowest BCUT2D eigenvalue weighted by Gasteiger charge is -2.22. The van der Waals surface area contributed by atoms with Gasteiger partial charge in [0.1, 0.15) is 5.82 Å². The monoisotopic (exact) mass is 311 g/mol. The van der Waals surface area contributed by atoms with Gasteiger partial charge in [-0.1, -0.05) is 36.2 Å². The van der Waals surface area contributed by atoms with Crippen molar-refractivity contribution in [3.63, 3.8) is 0 Å². The molecule has 1 N–H and O–H groups in total. The van der Waals surface area contributed by atoms with Crippen LogP contribution in [0, 0.1) is 12.7 Å². The summed E-state index contributed by atoms with van der Waals surface area (Å²) >= 11 is 12.2. The normalized spacial score (nSPS) is 12.4. The van der Waals surface area contributed by atoms with E-state index in [2.05, 4.69) is 5.32 Å². The molecule has 106 valence electrons. The summed E-state index contributed by atoms with van der Waals surface area (Å²) in [5, 5.41) is 4.58. The Hall–Kier alpha value is -1.09. The summed E-state index contributed by atoms with van der Waals surface area (Å²) in [4.78, 5) is 0. The predicted molar refractivity (Wildman–Crippen MR) is 83.1 cm³/mol. The molecule has 0 saturated heterocycles. The van der Waals surface area contributed by atoms with Gasteiger partial charge in [-0.2, -0.15) is 0 Å². The Morgan fingerprint density at radius 3 is 2.50 bits per heavy atom. The average Bonchev–Trinajstić information content (AvgIpc) is 2.40. The summed E-state index contributed by atoms with van der Waals surface area (Å²) in [6.45, 7) is 4.74. The third-order valence-corrected chi connectivity index (χ3v) is 3.80. The van der Waals surface area contributed by atoms with Crippen molar-refractivity contribution >= 4 is 23.2 Å². The van der Waals surface area contributed by atoms with Crippen LogP contribution in [0.2, 0.25) is 10.0 Å². The van der Waals surface area contributed by atoms with E-state index in [0.29, 0.717) is 10.0 Å². The third-order valence-electron chi connectivity index (χ3n) is 3.22. The molecule has 1 unspecified atom stereocenters. The molecule has 20 heavy (non-hydrogen) atoms. The van der Waals surface area contributed by atoms with Crippen LogP contribution in [0.1, 0.15) is 29.7 Å². The van der Waals surface area contributed by atoms with Gasteiger partial charge < -0.3 is 5.32 Å². The highest BCUT2D eigenvalue weighted by Gasteiger charge is 2.18. The average molecular weight is 312 g/mol. The van der Waals surface area contributed by atoms with Crippen molar-refractivity contribution < 1.29 is 4.39 Å². The highest BCUT2D eigenvalue weighted by atomic mass is 35.5. The number of hydrogen-bond acceptors (Lipinski definition) is 1. The van der Waals surface area contributed by atoms with Gasteiger partial charge in [-0.05, 0) is 60.5 Å². The van der Waals surface area contributed by atoms with Crippen molar-refractivity contribution in [1.82, 2.24) is 5.32 Å². The van der Waals surface area contributed by atoms with Gasteiger partial charge in [-0.15, -0.1) is 0 Å². The molecule has 0 aliphatic heterocycles. The molecule has 2 aromatic rings. The third kappa shape index (κ3) is 3.32. The number of rotatable bonds is 4. The molecule has 0 fully saturated rings. The van der Waals surface area contributed by atoms with Crippen LogP contribution < -0.4 is 5.32 Å². The van der Waals surface area contributed by atoms with Crippen molar-refractivity contribution in [3.8, 4) is 0 Å². The Bertz CT molecular complexity index is 613. The lowest BCUT2D eigenvalue weighted by atomic mass is 9.95. The van der Waals surface area contributed by atoms with Crippen LogP contribution in [-0.4, -0.2) is 6.54 Å². The molecule has 1 atom stereocenters. The second-order valence-electron chi connectivity index (χ2n) is 4.66. The molecule has 0 bridgehead atoms. The summed E-state index contributed by atoms with van der Waals surface area (Å²) in [7, 11) is 0. The molecular formula is C16H16Cl2FN. The topological polar surface area (TPSA) is 12.0 Å². The second kappa shape index (κ2) is 6.57. The molecule has 0 heterocycles. The van der Waals surface area contributed by atoms with Crippen LogP contribution >= 0.6 is 23.2 Å². The maximum Gasteiger partial charge on any atom is 0.123 e. The molecule has 0 aliphatic rings. The van der Waals surface area contributed by atoms with Gasteiger partial charge in [0.25, 0.3) is 0 Å². The van der Waals surface area contributed by atoms with Gasteiger partial charge in [-0.3, -0.25) is 0 Å². The fourth-order valence-corrected chi connectivity index (χ4v) is 2.74. The van der Waals surface area contributed by atoms with Crippen LogP contribution in [0.5, 0.6) is 0 Å². The minimum atomic E-state index is -0.293. The summed E-state index contributed by atoms with van der Waals surface area (Å²) < 4.78 is 13.5. The van der Waals surface area contributed by atoms with Gasteiger partial charge in [0.05, 0.1) is 6.04 Å². The zero-order valence-electron chi connectivity index (χ0n) is 11.4. The van der Waals surface area contributed by atoms with Crippen molar-refractivity contribution in [2.75, 3.05) is 6.54 Å². The fourth-order valence-electron chi connectivity index (χ4n) is 2.29. The standard InChI is InChI=1S/C16H16Cl2FN/c1-3-20-16(13-6-4-11(17)8-10(13)2)14-9-12(19)5-7-15(14)18/h4-9,16,20H,3H2,1-2H3. The number of hydrogen-bond donors (Lipinski definition) is 1. The highest BCUT2D eigenvalue weighted by Crippen LogP contribution is 2.31. The number of aryl methyl sites for hydroxylation is 1. The number of benzene rings is 2. The van der Waals surface area contributed by atoms with E-state index >= 15 is 0 Å². The smallest absolute Gasteiger partial charge is 0.123 e. The van der Waals surface area contributed by atoms with Gasteiger partial charge >= 0.3 is 0 Å². The molecular weight excluding hydrogens is 296 g/mol. The predicted octanol–water partition coefficient (Wildman–Crippen LogP) is 5.14. The summed E-state index contributed by atoms with van der Waals surface area (Å²) in [5.41, 5.74) is 2.83. The number of halogens is 3. The fraction of sp³-hybridized carbons (Fsp3) is 0.250. The van der Waals surface area contributed by atoms with Crippen LogP contribution in [0.4, 0.5) is 4.39 Å². The van der Waals surface area contributed by atoms with E-state index in [9.17, 15) is 4.39 Å². The SMILES string of the molecule is CCNC(c1ccc(Cl)cc1C)c1cc(F)ccc1Cl. The van der Waals surface area contributed by atoms with Gasteiger partial charge in [0.2, 0.25) is 0 Å². The van der Waals surface area contributed by atoms with Gasteiger partial charge in [-0.25, -0.2) is 4.39 Å². The van der Waals surface area contributed by atoms with E-state index in [1.807, 2.05) is 32.0 Å². The zero-order valence-corrected chi connectivity index (χ0v) is 12.9. The first-order valence-electron chi connectivity index (χ1n) is 6.47. The quantitative estimate of drug-likeness (QED) is 0.824. The van der Waals surface area contributed by atoms with Crippen LogP contribution in [-0.2, 0) is 0 Å². The van der Waals surface area contributed by atoms with Crippen LogP contribution in [0.3, 0.4) is 0 Å². The van der Waals surface area contributed by atoms with Gasteiger partial charge in [0, 0.05) is 10.0 Å². The molecule has 0 spiro atoms. The van der Waals surface area contributed by atoms with E-state index < -0.39 is 0 Å². The first kappa shape index (κ1) is 15.3. The maximum atomic E-state index is 13.5. The Labute approximate surface area is 128 Å². The maximum absolute atomic E-state index is 13.5. The summed E-state index contributed by atoms with van der Waals surface area (Å²) in [6.07, 6.45) is 0. The Kier molecular flexibility index (Phi) is 5.03. The Balaban J connectivity index is 2.53. The van der Waals surface area contributed by atoms with Crippen LogP contribution in [0.15, 0.2) is 36.4 Å². The molecule has 0 saturated carbocycles.